The average molecular weight is 316 g/mol. The van der Waals surface area contributed by atoms with E-state index < -0.39 is 11.6 Å². The van der Waals surface area contributed by atoms with Gasteiger partial charge in [-0.15, -0.1) is 5.10 Å². The van der Waals surface area contributed by atoms with E-state index in [1.165, 1.54) is 12.4 Å². The minimum Gasteiger partial charge on any atom is -0.258 e. The van der Waals surface area contributed by atoms with Crippen LogP contribution in [0.15, 0.2) is 40.8 Å². The maximum absolute atomic E-state index is 13.2. The first-order valence-electron chi connectivity index (χ1n) is 5.93. The van der Waals surface area contributed by atoms with Crippen LogP contribution < -0.4 is 0 Å². The van der Waals surface area contributed by atoms with Crippen LogP contribution in [0.5, 0.6) is 0 Å². The minimum absolute atomic E-state index is 0.204. The van der Waals surface area contributed by atoms with Gasteiger partial charge in [0, 0.05) is 11.6 Å². The highest BCUT2D eigenvalue weighted by Gasteiger charge is 2.10. The van der Waals surface area contributed by atoms with Gasteiger partial charge in [-0.2, -0.15) is 5.26 Å². The molecule has 0 aliphatic rings. The third kappa shape index (κ3) is 3.07. The molecule has 0 saturated heterocycles. The average Bonchev–Trinajstić information content (AvgIpc) is 2.96. The Bertz CT molecular complexity index is 835. The van der Waals surface area contributed by atoms with Gasteiger partial charge in [-0.05, 0) is 23.9 Å². The summed E-state index contributed by atoms with van der Waals surface area (Å²) in [6.07, 6.45) is 2.75. The molecule has 0 amide bonds. The highest BCUT2D eigenvalue weighted by molar-refractivity contribution is 7.99. The van der Waals surface area contributed by atoms with Gasteiger partial charge in [0.05, 0.1) is 12.4 Å². The Hall–Kier alpha value is -2.86. The van der Waals surface area contributed by atoms with E-state index in [1.54, 1.807) is 0 Å². The maximum Gasteiger partial charge on any atom is 0.215 e. The molecule has 2 aromatic heterocycles. The molecule has 0 aliphatic heterocycles. The topological polar surface area (TPSA) is 91.1 Å². The smallest absolute Gasteiger partial charge is 0.215 e. The van der Waals surface area contributed by atoms with Crippen LogP contribution >= 0.6 is 11.8 Å². The summed E-state index contributed by atoms with van der Waals surface area (Å²) in [4.78, 5) is 12.0. The van der Waals surface area contributed by atoms with Crippen LogP contribution in [0.25, 0.3) is 11.4 Å². The van der Waals surface area contributed by atoms with Crippen molar-refractivity contribution in [2.75, 3.05) is 0 Å². The first-order chi connectivity index (χ1) is 10.6. The Labute approximate surface area is 127 Å². The van der Waals surface area contributed by atoms with Crippen molar-refractivity contribution in [3.8, 4) is 17.5 Å². The molecular weight excluding hydrogens is 310 g/mol. The fraction of sp³-hybridized carbons (Fsp3) is 0. The molecule has 6 nitrogen and oxygen atoms in total. The van der Waals surface area contributed by atoms with Crippen LogP contribution in [-0.2, 0) is 0 Å². The van der Waals surface area contributed by atoms with Crippen molar-refractivity contribution in [2.24, 2.45) is 0 Å². The molecule has 22 heavy (non-hydrogen) atoms. The number of H-pyrrole nitrogens is 1. The van der Waals surface area contributed by atoms with Gasteiger partial charge >= 0.3 is 0 Å². The summed E-state index contributed by atoms with van der Waals surface area (Å²) in [5, 5.41) is 16.0. The predicted octanol–water partition coefficient (Wildman–Crippen LogP) is 2.56. The number of hydrogen-bond donors (Lipinski definition) is 1. The third-order valence-corrected chi connectivity index (χ3v) is 3.32. The highest BCUT2D eigenvalue weighted by Crippen LogP contribution is 2.25. The predicted molar refractivity (Wildman–Crippen MR) is 72.6 cm³/mol. The van der Waals surface area contributed by atoms with E-state index in [-0.39, 0.29) is 17.1 Å². The quantitative estimate of drug-likeness (QED) is 0.798. The van der Waals surface area contributed by atoms with Crippen molar-refractivity contribution < 1.29 is 8.78 Å². The summed E-state index contributed by atoms with van der Waals surface area (Å²) in [6.45, 7) is 0. The Kier molecular flexibility index (Phi) is 3.76. The summed E-state index contributed by atoms with van der Waals surface area (Å²) in [6, 6.07) is 4.95. The van der Waals surface area contributed by atoms with Crippen LogP contribution in [0, 0.1) is 23.0 Å². The van der Waals surface area contributed by atoms with Gasteiger partial charge in [0.25, 0.3) is 0 Å². The number of hydrogen-bond acceptors (Lipinski definition) is 6. The molecular formula is C13H6F2N6S. The van der Waals surface area contributed by atoms with E-state index in [1.807, 2.05) is 6.07 Å². The lowest BCUT2D eigenvalue weighted by molar-refractivity contribution is 0.584. The number of aromatic amines is 1. The molecule has 2 heterocycles. The maximum atomic E-state index is 13.2. The number of rotatable bonds is 3. The summed E-state index contributed by atoms with van der Waals surface area (Å²) in [5.74, 6) is -1.15. The first-order valence-corrected chi connectivity index (χ1v) is 6.74. The van der Waals surface area contributed by atoms with Crippen molar-refractivity contribution in [3.63, 3.8) is 0 Å². The minimum atomic E-state index is -0.696. The summed E-state index contributed by atoms with van der Waals surface area (Å²) >= 11 is 1.11. The van der Waals surface area contributed by atoms with E-state index in [2.05, 4.69) is 25.1 Å². The third-order valence-electron chi connectivity index (χ3n) is 2.54. The zero-order valence-corrected chi connectivity index (χ0v) is 11.6. The lowest BCUT2D eigenvalue weighted by Crippen LogP contribution is -1.87. The van der Waals surface area contributed by atoms with E-state index in [9.17, 15) is 8.78 Å². The van der Waals surface area contributed by atoms with Crippen LogP contribution in [0.2, 0.25) is 0 Å². The lowest BCUT2D eigenvalue weighted by atomic mass is 10.2. The Morgan fingerprint density at radius 3 is 2.50 bits per heavy atom. The lowest BCUT2D eigenvalue weighted by Gasteiger charge is -1.97. The molecule has 0 bridgehead atoms. The molecule has 0 saturated carbocycles. The fourth-order valence-electron chi connectivity index (χ4n) is 1.63. The van der Waals surface area contributed by atoms with Gasteiger partial charge in [-0.1, -0.05) is 0 Å². The Balaban J connectivity index is 1.82. The second-order valence-corrected chi connectivity index (χ2v) is 5.07. The van der Waals surface area contributed by atoms with Crippen molar-refractivity contribution in [1.82, 2.24) is 25.1 Å². The van der Waals surface area contributed by atoms with Crippen LogP contribution in [0.4, 0.5) is 8.78 Å². The van der Waals surface area contributed by atoms with Gasteiger partial charge in [0.2, 0.25) is 5.16 Å². The molecule has 0 aliphatic carbocycles. The van der Waals surface area contributed by atoms with Gasteiger partial charge in [-0.25, -0.2) is 23.7 Å². The van der Waals surface area contributed by atoms with E-state index in [0.29, 0.717) is 10.2 Å². The molecule has 0 spiro atoms. The molecule has 0 atom stereocenters. The fourth-order valence-corrected chi connectivity index (χ4v) is 2.26. The summed E-state index contributed by atoms with van der Waals surface area (Å²) in [5.41, 5.74) is 0.457. The largest absolute Gasteiger partial charge is 0.258 e. The second-order valence-electron chi connectivity index (χ2n) is 4.08. The number of nitrogens with one attached hydrogen (secondary N) is 1. The summed E-state index contributed by atoms with van der Waals surface area (Å²) in [7, 11) is 0. The van der Waals surface area contributed by atoms with Crippen LogP contribution in [0.1, 0.15) is 5.69 Å². The number of nitrogens with zero attached hydrogens (tertiary/aromatic N) is 5. The van der Waals surface area contributed by atoms with Crippen LogP contribution in [-0.4, -0.2) is 25.1 Å². The van der Waals surface area contributed by atoms with Crippen molar-refractivity contribution >= 4 is 11.8 Å². The van der Waals surface area contributed by atoms with Crippen molar-refractivity contribution in [1.29, 1.82) is 5.26 Å². The molecule has 0 fully saturated rings. The molecule has 3 rings (SSSR count). The highest BCUT2D eigenvalue weighted by atomic mass is 32.2. The standard InChI is InChI=1S/C13H6F2N6S/c14-8-1-7(2-9(15)3-8)12-19-13(21-20-12)22-11-6-17-10(4-16)5-18-11/h1-3,5-6H,(H,19,20,21). The molecule has 1 N–H and O–H groups in total. The van der Waals surface area contributed by atoms with Gasteiger partial charge in [0.15, 0.2) is 11.5 Å². The SMILES string of the molecule is N#Cc1cnc(Sc2n[nH]c(-c3cc(F)cc(F)c3)n2)cn1. The molecule has 0 radical (unpaired) electrons. The molecule has 1 aromatic carbocycles. The zero-order chi connectivity index (χ0) is 15.5. The monoisotopic (exact) mass is 316 g/mol. The van der Waals surface area contributed by atoms with E-state index >= 15 is 0 Å². The van der Waals surface area contributed by atoms with Gasteiger partial charge in [-0.3, -0.25) is 5.10 Å². The summed E-state index contributed by atoms with van der Waals surface area (Å²) < 4.78 is 26.4. The Morgan fingerprint density at radius 2 is 1.86 bits per heavy atom. The normalized spacial score (nSPS) is 10.4. The van der Waals surface area contributed by atoms with Crippen LogP contribution in [0.3, 0.4) is 0 Å². The molecule has 108 valence electrons. The van der Waals surface area contributed by atoms with E-state index in [0.717, 1.165) is 30.0 Å². The molecule has 3 aromatic rings. The molecule has 0 unspecified atom stereocenters. The second kappa shape index (κ2) is 5.87. The van der Waals surface area contributed by atoms with Crippen molar-refractivity contribution in [2.45, 2.75) is 10.2 Å². The number of halogens is 2. The van der Waals surface area contributed by atoms with E-state index in [4.69, 9.17) is 5.26 Å². The number of benzene rings is 1. The Morgan fingerprint density at radius 1 is 1.09 bits per heavy atom. The number of nitriles is 1. The van der Waals surface area contributed by atoms with Crippen molar-refractivity contribution in [3.05, 3.63) is 47.9 Å². The van der Waals surface area contributed by atoms with Gasteiger partial charge < -0.3 is 0 Å². The zero-order valence-electron chi connectivity index (χ0n) is 10.8. The number of aromatic nitrogens is 5. The first kappa shape index (κ1) is 14.1. The van der Waals surface area contributed by atoms with Gasteiger partial charge in [0.1, 0.15) is 22.7 Å². The molecule has 9 heteroatoms.